The van der Waals surface area contributed by atoms with Gasteiger partial charge in [0, 0.05) is 13.3 Å². The molecule has 3 heterocycles. The van der Waals surface area contributed by atoms with E-state index in [1.807, 2.05) is 0 Å². The van der Waals surface area contributed by atoms with Crippen LogP contribution in [0.15, 0.2) is 36.9 Å². The highest BCUT2D eigenvalue weighted by Gasteiger charge is 2.47. The highest BCUT2D eigenvalue weighted by atomic mass is 31.2. The van der Waals surface area contributed by atoms with Gasteiger partial charge >= 0.3 is 7.82 Å². The Balaban J connectivity index is 1.59. The summed E-state index contributed by atoms with van der Waals surface area (Å²) in [6.45, 7) is 0.546. The summed E-state index contributed by atoms with van der Waals surface area (Å²) >= 11 is 0. The molecular formula is C21H26N7O9P. The summed E-state index contributed by atoms with van der Waals surface area (Å²) in [4.78, 5) is 55.5. The molecule has 4 rings (SSSR count). The van der Waals surface area contributed by atoms with Crippen molar-refractivity contribution in [2.24, 2.45) is 0 Å². The molecule has 1 aromatic carbocycles. The van der Waals surface area contributed by atoms with Crippen molar-refractivity contribution in [3.63, 3.8) is 0 Å². The Morgan fingerprint density at radius 1 is 1.24 bits per heavy atom. The summed E-state index contributed by atoms with van der Waals surface area (Å²) in [6, 6.07) is 3.70. The van der Waals surface area contributed by atoms with Gasteiger partial charge in [0.25, 0.3) is 0 Å². The minimum Gasteiger partial charge on any atom is -0.508 e. The van der Waals surface area contributed by atoms with Crippen LogP contribution in [0, 0.1) is 0 Å². The number of rotatable bonds is 9. The Morgan fingerprint density at radius 3 is 2.61 bits per heavy atom. The molecule has 1 fully saturated rings. The number of nitrogens with zero attached hydrogens (tertiary/aromatic N) is 4. The van der Waals surface area contributed by atoms with Gasteiger partial charge in [-0.3, -0.25) is 18.7 Å². The van der Waals surface area contributed by atoms with E-state index >= 15 is 0 Å². The number of aliphatic hydroxyl groups excluding tert-OH is 1. The lowest BCUT2D eigenvalue weighted by Gasteiger charge is -2.25. The van der Waals surface area contributed by atoms with Crippen LogP contribution in [0.3, 0.4) is 0 Å². The molecule has 38 heavy (non-hydrogen) atoms. The van der Waals surface area contributed by atoms with Crippen LogP contribution in [-0.4, -0.2) is 82.2 Å². The van der Waals surface area contributed by atoms with Gasteiger partial charge in [0.05, 0.1) is 19.0 Å². The van der Waals surface area contributed by atoms with Gasteiger partial charge < -0.3 is 41.1 Å². The van der Waals surface area contributed by atoms with E-state index in [9.17, 15) is 34.2 Å². The summed E-state index contributed by atoms with van der Waals surface area (Å²) in [5.74, 6) is -1.09. The second-order valence-corrected chi connectivity index (χ2v) is 9.82. The third kappa shape index (κ3) is 6.24. The first-order valence-electron chi connectivity index (χ1n) is 11.2. The normalized spacial score (nSPS) is 22.3. The number of fused-ring (bicyclic) bond motifs is 1. The number of aromatic hydroxyl groups is 1. The second kappa shape index (κ2) is 11.0. The minimum atomic E-state index is -4.92. The number of amides is 2. The highest BCUT2D eigenvalue weighted by Crippen LogP contribution is 2.39. The number of hydrogen-bond acceptors (Lipinski definition) is 11. The number of imidazole rings is 1. The Hall–Kier alpha value is -3.66. The van der Waals surface area contributed by atoms with Crippen LogP contribution in [0.2, 0.25) is 0 Å². The van der Waals surface area contributed by atoms with E-state index in [-0.39, 0.29) is 29.2 Å². The van der Waals surface area contributed by atoms with Crippen molar-refractivity contribution < 1.29 is 43.4 Å². The van der Waals surface area contributed by atoms with Gasteiger partial charge in [0.15, 0.2) is 17.7 Å². The van der Waals surface area contributed by atoms with Crippen LogP contribution in [0.4, 0.5) is 5.82 Å². The van der Waals surface area contributed by atoms with Gasteiger partial charge in [-0.05, 0) is 17.7 Å². The van der Waals surface area contributed by atoms with Crippen molar-refractivity contribution >= 4 is 36.6 Å². The maximum Gasteiger partial charge on any atom is 0.469 e. The van der Waals surface area contributed by atoms with E-state index in [1.54, 1.807) is 12.1 Å². The van der Waals surface area contributed by atoms with E-state index in [0.29, 0.717) is 5.56 Å². The predicted molar refractivity (Wildman–Crippen MR) is 129 cm³/mol. The van der Waals surface area contributed by atoms with Gasteiger partial charge in [-0.1, -0.05) is 12.1 Å². The molecule has 2 amide bonds. The smallest absolute Gasteiger partial charge is 0.469 e. The molecule has 1 aliphatic heterocycles. The number of nitrogens with one attached hydrogen (secondary N) is 2. The van der Waals surface area contributed by atoms with E-state index in [1.165, 1.54) is 36.3 Å². The monoisotopic (exact) mass is 551 g/mol. The fourth-order valence-electron chi connectivity index (χ4n) is 4.11. The second-order valence-electron chi connectivity index (χ2n) is 8.58. The van der Waals surface area contributed by atoms with Crippen molar-refractivity contribution in [3.8, 4) is 5.75 Å². The molecule has 0 bridgehead atoms. The third-order valence-electron chi connectivity index (χ3n) is 5.82. The molecule has 1 aliphatic rings. The standard InChI is InChI=1S/C21H26N7O9P/c1-10(29)26-13(6-11-2-4-12(30)5-3-11)20(32)27-15-14(7-36-38(33,34)35)37-21(17(15)31)28-9-25-16-18(22)23-8-24-19(16)28/h2-5,8-9,13-15,17,21,30-31H,6-7H2,1H3,(H,26,29)(H,27,32)(H2,22,23,24)(H2,33,34,35). The molecule has 3 aromatic rings. The fraction of sp³-hybridized carbons (Fsp3) is 0.381. The molecule has 8 N–H and O–H groups in total. The van der Waals surface area contributed by atoms with Crippen molar-refractivity contribution in [3.05, 3.63) is 42.5 Å². The number of nitrogen functional groups attached to an aromatic ring is 1. The first-order valence-corrected chi connectivity index (χ1v) is 12.8. The van der Waals surface area contributed by atoms with Crippen LogP contribution < -0.4 is 16.4 Å². The van der Waals surface area contributed by atoms with Crippen LogP contribution >= 0.6 is 7.82 Å². The summed E-state index contributed by atoms with van der Waals surface area (Å²) < 4.78 is 23.1. The molecule has 0 saturated carbocycles. The zero-order valence-electron chi connectivity index (χ0n) is 19.9. The molecule has 204 valence electrons. The minimum absolute atomic E-state index is 0.0264. The lowest BCUT2D eigenvalue weighted by Crippen LogP contribution is -2.55. The quantitative estimate of drug-likeness (QED) is 0.153. The molecule has 5 atom stereocenters. The Kier molecular flexibility index (Phi) is 7.91. The van der Waals surface area contributed by atoms with Crippen LogP contribution in [0.1, 0.15) is 18.7 Å². The number of nitrogens with two attached hydrogens (primary N) is 1. The van der Waals surface area contributed by atoms with Gasteiger partial charge in [-0.25, -0.2) is 19.5 Å². The number of phosphoric acid groups is 1. The molecule has 2 aromatic heterocycles. The number of carbonyl (C=O) groups is 2. The van der Waals surface area contributed by atoms with Gasteiger partial charge in [-0.15, -0.1) is 0 Å². The number of anilines is 1. The molecule has 1 saturated heterocycles. The lowest BCUT2D eigenvalue weighted by molar-refractivity contribution is -0.129. The molecule has 0 radical (unpaired) electrons. The number of hydrogen-bond donors (Lipinski definition) is 7. The lowest BCUT2D eigenvalue weighted by atomic mass is 10.0. The third-order valence-corrected chi connectivity index (χ3v) is 6.31. The maximum atomic E-state index is 13.3. The van der Waals surface area contributed by atoms with Gasteiger partial charge in [0.2, 0.25) is 11.8 Å². The van der Waals surface area contributed by atoms with Gasteiger partial charge in [-0.2, -0.15) is 0 Å². The predicted octanol–water partition coefficient (Wildman–Crippen LogP) is -1.29. The van der Waals surface area contributed by atoms with E-state index in [2.05, 4.69) is 30.1 Å². The summed E-state index contributed by atoms with van der Waals surface area (Å²) in [6.07, 6.45) is -1.38. The fourth-order valence-corrected chi connectivity index (χ4v) is 4.45. The van der Waals surface area contributed by atoms with E-state index < -0.39 is 56.8 Å². The van der Waals surface area contributed by atoms with Crippen molar-refractivity contribution in [2.75, 3.05) is 12.3 Å². The first-order chi connectivity index (χ1) is 17.9. The largest absolute Gasteiger partial charge is 0.508 e. The topological polar surface area (TPSA) is 244 Å². The zero-order chi connectivity index (χ0) is 27.6. The highest BCUT2D eigenvalue weighted by molar-refractivity contribution is 7.46. The zero-order valence-corrected chi connectivity index (χ0v) is 20.8. The number of phosphoric ester groups is 1. The number of phenols is 1. The van der Waals surface area contributed by atoms with Crippen LogP contribution in [0.5, 0.6) is 5.75 Å². The van der Waals surface area contributed by atoms with Crippen molar-refractivity contribution in [2.45, 2.75) is 43.9 Å². The maximum absolute atomic E-state index is 13.3. The SMILES string of the molecule is CC(=O)NC(Cc1ccc(O)cc1)C(=O)NC1C(COP(=O)(O)O)OC(n2cnc3c(N)ncnc32)C1O. The average molecular weight is 551 g/mol. The summed E-state index contributed by atoms with van der Waals surface area (Å²) in [5.41, 5.74) is 6.90. The molecule has 5 unspecified atom stereocenters. The Morgan fingerprint density at radius 2 is 1.95 bits per heavy atom. The molecule has 0 aliphatic carbocycles. The van der Waals surface area contributed by atoms with Crippen molar-refractivity contribution in [1.82, 2.24) is 30.2 Å². The van der Waals surface area contributed by atoms with E-state index in [4.69, 9.17) is 10.5 Å². The number of ether oxygens (including phenoxy) is 1. The number of aliphatic hydroxyl groups is 1. The number of aromatic nitrogens is 4. The number of carbonyl (C=O) groups excluding carboxylic acids is 2. The average Bonchev–Trinajstić information content (AvgIpc) is 3.40. The number of phenolic OH excluding ortho intramolecular Hbond substituents is 1. The Bertz CT molecular complexity index is 1360. The Labute approximate surface area is 215 Å². The molecular weight excluding hydrogens is 525 g/mol. The van der Waals surface area contributed by atoms with Crippen LogP contribution in [-0.2, 0) is 29.8 Å². The molecule has 17 heteroatoms. The van der Waals surface area contributed by atoms with Gasteiger partial charge in [0.1, 0.15) is 35.8 Å². The van der Waals surface area contributed by atoms with Crippen molar-refractivity contribution in [1.29, 1.82) is 0 Å². The molecule has 0 spiro atoms. The summed E-state index contributed by atoms with van der Waals surface area (Å²) in [7, 11) is -4.92. The van der Waals surface area contributed by atoms with E-state index in [0.717, 1.165) is 0 Å². The van der Waals surface area contributed by atoms with Crippen LogP contribution in [0.25, 0.3) is 11.2 Å². The number of benzene rings is 1. The first kappa shape index (κ1) is 27.4. The summed E-state index contributed by atoms with van der Waals surface area (Å²) in [5, 5.41) is 25.8. The molecule has 16 nitrogen and oxygen atoms in total.